The van der Waals surface area contributed by atoms with Crippen LogP contribution in [0.5, 0.6) is 0 Å². The highest BCUT2D eigenvalue weighted by atomic mass is 32.2. The lowest BCUT2D eigenvalue weighted by molar-refractivity contribution is -0.334. The van der Waals surface area contributed by atoms with Crippen LogP contribution in [0.4, 0.5) is 14.5 Å². The normalized spacial score (nSPS) is 25.2. The number of aliphatic hydroxyl groups is 1. The van der Waals surface area contributed by atoms with E-state index in [0.717, 1.165) is 11.0 Å². The molecule has 5 atom stereocenters. The topological polar surface area (TPSA) is 97.3 Å². The average Bonchev–Trinajstić information content (AvgIpc) is 3.01. The Morgan fingerprint density at radius 2 is 1.88 bits per heavy atom. The second-order valence-electron chi connectivity index (χ2n) is 12.0. The number of thioether (sulfide) groups is 1. The number of anilines is 1. The van der Waals surface area contributed by atoms with E-state index in [0.29, 0.717) is 5.69 Å². The van der Waals surface area contributed by atoms with Gasteiger partial charge in [0, 0.05) is 23.8 Å². The fourth-order valence-electron chi connectivity index (χ4n) is 4.94. The zero-order chi connectivity index (χ0) is 30.8. The van der Waals surface area contributed by atoms with Crippen molar-refractivity contribution in [3.8, 4) is 0 Å². The van der Waals surface area contributed by atoms with Crippen molar-refractivity contribution in [1.29, 1.82) is 0 Å². The minimum Gasteiger partial charge on any atom is -0.387 e. The SMILES string of the molecule is CO[C@@H](C(=O)NC1CSc2ccccc2N(Cc2cc(F)cc(F)c2)C1=O)[C@@H]1OC(C)(C)O[C@H](C=CC(C)(C)C)[C@@H]1O. The number of hydrogen-bond donors (Lipinski definition) is 2. The maximum atomic E-state index is 14.0. The molecule has 1 saturated heterocycles. The number of carbonyl (C=O) groups is 2. The van der Waals surface area contributed by atoms with Crippen LogP contribution in [0.25, 0.3) is 0 Å². The first-order valence-electron chi connectivity index (χ1n) is 13.7. The molecule has 0 spiro atoms. The Hall–Kier alpha value is -2.83. The molecule has 2 amide bonds. The Morgan fingerprint density at radius 3 is 2.52 bits per heavy atom. The molecule has 1 fully saturated rings. The number of benzene rings is 2. The quantitative estimate of drug-likeness (QED) is 0.447. The standard InChI is InChI=1S/C31H38F2N2O6S/c1-30(2,3)12-11-23-25(36)26(41-31(4,5)40-23)27(39-6)28(37)34-21-17-42-24-10-8-7-9-22(24)35(29(21)38)16-18-13-19(32)15-20(33)14-18/h7-15,21,23,25-27,36H,16-17H2,1-6H3,(H,34,37)/t21?,23-,25+,26-,27-/m1/s1. The van der Waals surface area contributed by atoms with Crippen molar-refractivity contribution < 1.29 is 37.7 Å². The number of para-hydroxylation sites is 1. The minimum absolute atomic E-state index is 0.108. The fraction of sp³-hybridized carbons (Fsp3) is 0.484. The molecule has 2 N–H and O–H groups in total. The van der Waals surface area contributed by atoms with Gasteiger partial charge in [-0.2, -0.15) is 0 Å². The summed E-state index contributed by atoms with van der Waals surface area (Å²) in [6.45, 7) is 9.30. The van der Waals surface area contributed by atoms with Crippen molar-refractivity contribution >= 4 is 29.3 Å². The van der Waals surface area contributed by atoms with Crippen molar-refractivity contribution in [2.24, 2.45) is 5.41 Å². The predicted molar refractivity (Wildman–Crippen MR) is 156 cm³/mol. The summed E-state index contributed by atoms with van der Waals surface area (Å²) in [7, 11) is 1.33. The van der Waals surface area contributed by atoms with Crippen LogP contribution in [0.3, 0.4) is 0 Å². The van der Waals surface area contributed by atoms with Gasteiger partial charge in [-0.05, 0) is 49.1 Å². The first-order valence-corrected chi connectivity index (χ1v) is 14.7. The van der Waals surface area contributed by atoms with Crippen LogP contribution in [-0.4, -0.2) is 66.0 Å². The van der Waals surface area contributed by atoms with E-state index in [2.05, 4.69) is 5.32 Å². The first kappa shape index (κ1) is 32.1. The van der Waals surface area contributed by atoms with Gasteiger partial charge in [0.15, 0.2) is 11.9 Å². The summed E-state index contributed by atoms with van der Waals surface area (Å²) in [5.41, 5.74) is 0.658. The van der Waals surface area contributed by atoms with E-state index in [1.165, 1.54) is 35.9 Å². The van der Waals surface area contributed by atoms with Gasteiger partial charge in [0.25, 0.3) is 11.8 Å². The zero-order valence-electron chi connectivity index (χ0n) is 24.6. The van der Waals surface area contributed by atoms with Crippen LogP contribution in [0.15, 0.2) is 59.5 Å². The van der Waals surface area contributed by atoms with E-state index in [1.54, 1.807) is 32.1 Å². The number of hydrogen-bond acceptors (Lipinski definition) is 7. The maximum Gasteiger partial charge on any atom is 0.252 e. The molecular weight excluding hydrogens is 566 g/mol. The third-order valence-corrected chi connectivity index (χ3v) is 7.97. The van der Waals surface area contributed by atoms with Crippen LogP contribution >= 0.6 is 11.8 Å². The summed E-state index contributed by atoms with van der Waals surface area (Å²) in [6.07, 6.45) is -0.722. The van der Waals surface area contributed by atoms with Gasteiger partial charge in [0.2, 0.25) is 0 Å². The van der Waals surface area contributed by atoms with Crippen LogP contribution < -0.4 is 10.2 Å². The molecule has 1 unspecified atom stereocenters. The highest BCUT2D eigenvalue weighted by Gasteiger charge is 2.48. The van der Waals surface area contributed by atoms with Crippen molar-refractivity contribution in [2.75, 3.05) is 17.8 Å². The Bertz CT molecular complexity index is 1310. The largest absolute Gasteiger partial charge is 0.387 e. The molecule has 2 aromatic rings. The van der Waals surface area contributed by atoms with Gasteiger partial charge in [0.1, 0.15) is 36.0 Å². The second-order valence-corrected chi connectivity index (χ2v) is 13.0. The number of halogens is 2. The molecule has 0 saturated carbocycles. The number of amides is 2. The Morgan fingerprint density at radius 1 is 1.21 bits per heavy atom. The molecule has 8 nitrogen and oxygen atoms in total. The number of nitrogens with zero attached hydrogens (tertiary/aromatic N) is 1. The number of ether oxygens (including phenoxy) is 3. The summed E-state index contributed by atoms with van der Waals surface area (Å²) in [6, 6.07) is 9.28. The average molecular weight is 605 g/mol. The van der Waals surface area contributed by atoms with Gasteiger partial charge in [0.05, 0.1) is 12.2 Å². The molecule has 2 aliphatic rings. The molecule has 0 aromatic heterocycles. The highest BCUT2D eigenvalue weighted by molar-refractivity contribution is 7.99. The van der Waals surface area contributed by atoms with Gasteiger partial charge in [-0.3, -0.25) is 9.59 Å². The van der Waals surface area contributed by atoms with Crippen LogP contribution in [0.2, 0.25) is 0 Å². The molecule has 0 radical (unpaired) electrons. The summed E-state index contributed by atoms with van der Waals surface area (Å²) in [5, 5.41) is 14.0. The molecule has 0 bridgehead atoms. The molecular formula is C31H38F2N2O6S. The van der Waals surface area contributed by atoms with Gasteiger partial charge in [-0.1, -0.05) is 45.1 Å². The lowest BCUT2D eigenvalue weighted by Gasteiger charge is -2.45. The predicted octanol–water partition coefficient (Wildman–Crippen LogP) is 4.59. The van der Waals surface area contributed by atoms with E-state index < -0.39 is 59.7 Å². The van der Waals surface area contributed by atoms with E-state index in [4.69, 9.17) is 14.2 Å². The van der Waals surface area contributed by atoms with Crippen molar-refractivity contribution in [3.05, 3.63) is 71.8 Å². The van der Waals surface area contributed by atoms with E-state index in [9.17, 15) is 23.5 Å². The Labute approximate surface area is 249 Å². The minimum atomic E-state index is -1.28. The number of rotatable bonds is 7. The van der Waals surface area contributed by atoms with Gasteiger partial charge < -0.3 is 29.5 Å². The fourth-order valence-corrected chi connectivity index (χ4v) is 6.01. The van der Waals surface area contributed by atoms with Crippen LogP contribution in [0.1, 0.15) is 40.2 Å². The number of nitrogens with one attached hydrogen (secondary N) is 1. The third-order valence-electron chi connectivity index (χ3n) is 6.81. The van der Waals surface area contributed by atoms with E-state index in [-0.39, 0.29) is 23.3 Å². The second kappa shape index (κ2) is 12.8. The van der Waals surface area contributed by atoms with Gasteiger partial charge >= 0.3 is 0 Å². The molecule has 2 aromatic carbocycles. The maximum absolute atomic E-state index is 14.0. The molecule has 2 heterocycles. The Kier molecular flexibility index (Phi) is 9.79. The lowest BCUT2D eigenvalue weighted by Crippen LogP contribution is -2.62. The molecule has 228 valence electrons. The van der Waals surface area contributed by atoms with E-state index in [1.807, 2.05) is 39.0 Å². The van der Waals surface area contributed by atoms with Crippen LogP contribution in [0, 0.1) is 17.0 Å². The molecule has 2 aliphatic heterocycles. The number of methoxy groups -OCH3 is 1. The number of fused-ring (bicyclic) bond motifs is 1. The monoisotopic (exact) mass is 604 g/mol. The van der Waals surface area contributed by atoms with Crippen molar-refractivity contribution in [2.45, 2.75) is 82.3 Å². The van der Waals surface area contributed by atoms with Crippen LogP contribution in [-0.2, 0) is 30.3 Å². The lowest BCUT2D eigenvalue weighted by atomic mass is 9.93. The summed E-state index contributed by atoms with van der Waals surface area (Å²) in [4.78, 5) is 29.7. The first-order chi connectivity index (χ1) is 19.7. The summed E-state index contributed by atoms with van der Waals surface area (Å²) < 4.78 is 45.4. The number of carbonyl (C=O) groups excluding carboxylic acids is 2. The molecule has 11 heteroatoms. The third kappa shape index (κ3) is 7.76. The van der Waals surface area contributed by atoms with Gasteiger partial charge in [-0.25, -0.2) is 8.78 Å². The van der Waals surface area contributed by atoms with E-state index >= 15 is 0 Å². The molecule has 42 heavy (non-hydrogen) atoms. The smallest absolute Gasteiger partial charge is 0.252 e. The van der Waals surface area contributed by atoms with Crippen molar-refractivity contribution in [1.82, 2.24) is 5.32 Å². The molecule has 0 aliphatic carbocycles. The Balaban J connectivity index is 1.58. The number of aliphatic hydroxyl groups excluding tert-OH is 1. The number of allylic oxidation sites excluding steroid dienone is 1. The van der Waals surface area contributed by atoms with Crippen molar-refractivity contribution in [3.63, 3.8) is 0 Å². The van der Waals surface area contributed by atoms with Gasteiger partial charge in [-0.15, -0.1) is 11.8 Å². The molecule has 4 rings (SSSR count). The summed E-state index contributed by atoms with van der Waals surface area (Å²) in [5.74, 6) is -3.56. The summed E-state index contributed by atoms with van der Waals surface area (Å²) >= 11 is 1.37. The zero-order valence-corrected chi connectivity index (χ0v) is 25.4. The highest BCUT2D eigenvalue weighted by Crippen LogP contribution is 2.36.